The Balaban J connectivity index is 2.45. The molecule has 1 aliphatic rings. The third-order valence-corrected chi connectivity index (χ3v) is 7.21. The van der Waals surface area contributed by atoms with Crippen LogP contribution in [-0.4, -0.2) is 60.2 Å². The number of carbonyl (C=O) groups excluding carboxylic acids is 3. The molecular weight excluding hydrogens is 533 g/mol. The molecule has 0 saturated heterocycles. The van der Waals surface area contributed by atoms with Crippen LogP contribution in [0.2, 0.25) is 0 Å². The van der Waals surface area contributed by atoms with Crippen molar-refractivity contribution in [3.05, 3.63) is 48.0 Å². The van der Waals surface area contributed by atoms with E-state index in [0.29, 0.717) is 18.4 Å². The molecule has 2 rings (SSSR count). The van der Waals surface area contributed by atoms with Crippen molar-refractivity contribution in [2.75, 3.05) is 7.11 Å². The molecule has 11 heteroatoms. The average Bonchev–Trinajstić information content (AvgIpc) is 2.82. The Kier molecular flexibility index (Phi) is 11.0. The zero-order valence-corrected chi connectivity index (χ0v) is 23.7. The van der Waals surface area contributed by atoms with Crippen LogP contribution in [0, 0.1) is 11.8 Å². The molecule has 1 aliphatic carbocycles. The Morgan fingerprint density at radius 3 is 2.12 bits per heavy atom. The minimum Gasteiger partial charge on any atom is -0.462 e. The van der Waals surface area contributed by atoms with Gasteiger partial charge in [0.25, 0.3) is 5.60 Å². The summed E-state index contributed by atoms with van der Waals surface area (Å²) in [7, 11) is 0.740. The fraction of sp³-hybridized carbons (Fsp3) is 0.621. The molecule has 0 aromatic heterocycles. The molecule has 0 amide bonds. The van der Waals surface area contributed by atoms with Crippen molar-refractivity contribution in [3.63, 3.8) is 0 Å². The van der Waals surface area contributed by atoms with Crippen LogP contribution in [0.4, 0.5) is 13.2 Å². The lowest BCUT2D eigenvalue weighted by Gasteiger charge is -2.40. The van der Waals surface area contributed by atoms with Crippen LogP contribution < -0.4 is 0 Å². The molecule has 6 atom stereocenters. The van der Waals surface area contributed by atoms with Crippen molar-refractivity contribution in [2.24, 2.45) is 11.8 Å². The third kappa shape index (κ3) is 7.84. The fourth-order valence-electron chi connectivity index (χ4n) is 5.08. The average molecular weight is 573 g/mol. The van der Waals surface area contributed by atoms with Gasteiger partial charge in [-0.2, -0.15) is 13.2 Å². The Labute approximate surface area is 232 Å². The molecule has 1 aromatic carbocycles. The molecule has 0 bridgehead atoms. The quantitative estimate of drug-likeness (QED) is 0.224. The van der Waals surface area contributed by atoms with E-state index in [2.05, 4.69) is 6.58 Å². The molecule has 0 heterocycles. The van der Waals surface area contributed by atoms with E-state index >= 15 is 0 Å². The number of carbonyl (C=O) groups is 3. The number of ether oxygens (including phenoxy) is 4. The van der Waals surface area contributed by atoms with Gasteiger partial charge in [-0.05, 0) is 44.6 Å². The molecular formula is C29H39F3O8. The van der Waals surface area contributed by atoms with Gasteiger partial charge in [0.15, 0.2) is 0 Å². The summed E-state index contributed by atoms with van der Waals surface area (Å²) in [4.78, 5) is 37.1. The molecule has 1 fully saturated rings. The SMILES string of the molecule is C=C([C@H](C[C@H](OC(=O)C(OC)(c1ccccc1)C(F)(F)F)C(C)(C)O)OC(C)=O)[C@@H]1CC[C@@H](C)C[C@H]1OC(C)=O. The van der Waals surface area contributed by atoms with Gasteiger partial charge in [-0.1, -0.05) is 43.8 Å². The van der Waals surface area contributed by atoms with Crippen LogP contribution in [0.25, 0.3) is 0 Å². The number of rotatable bonds is 11. The van der Waals surface area contributed by atoms with Crippen molar-refractivity contribution in [1.29, 1.82) is 0 Å². The highest BCUT2D eigenvalue weighted by atomic mass is 19.4. The van der Waals surface area contributed by atoms with E-state index in [9.17, 15) is 32.7 Å². The van der Waals surface area contributed by atoms with Gasteiger partial charge in [0.05, 0.1) is 5.60 Å². The highest BCUT2D eigenvalue weighted by molar-refractivity contribution is 5.83. The van der Waals surface area contributed by atoms with E-state index < -0.39 is 71.5 Å². The van der Waals surface area contributed by atoms with Crippen molar-refractivity contribution < 1.29 is 51.6 Å². The number of methoxy groups -OCH3 is 1. The third-order valence-electron chi connectivity index (χ3n) is 7.21. The lowest BCUT2D eigenvalue weighted by atomic mass is 9.75. The fourth-order valence-corrected chi connectivity index (χ4v) is 5.08. The van der Waals surface area contributed by atoms with Crippen LogP contribution in [0.5, 0.6) is 0 Å². The number of halogens is 3. The molecule has 1 saturated carbocycles. The molecule has 0 radical (unpaired) electrons. The van der Waals surface area contributed by atoms with Gasteiger partial charge >= 0.3 is 24.1 Å². The first-order valence-electron chi connectivity index (χ1n) is 13.1. The van der Waals surface area contributed by atoms with Crippen LogP contribution in [-0.2, 0) is 38.9 Å². The van der Waals surface area contributed by atoms with E-state index in [-0.39, 0.29) is 5.92 Å². The van der Waals surface area contributed by atoms with Crippen LogP contribution >= 0.6 is 0 Å². The van der Waals surface area contributed by atoms with Gasteiger partial charge in [-0.3, -0.25) is 9.59 Å². The molecule has 224 valence electrons. The summed E-state index contributed by atoms with van der Waals surface area (Å²) in [5.41, 5.74) is -5.51. The molecule has 0 spiro atoms. The van der Waals surface area contributed by atoms with E-state index in [4.69, 9.17) is 18.9 Å². The second-order valence-corrected chi connectivity index (χ2v) is 10.9. The minimum absolute atomic E-state index is 0.258. The molecule has 8 nitrogen and oxygen atoms in total. The van der Waals surface area contributed by atoms with E-state index in [0.717, 1.165) is 32.6 Å². The number of benzene rings is 1. The van der Waals surface area contributed by atoms with Gasteiger partial charge in [0.2, 0.25) is 0 Å². The Morgan fingerprint density at radius 2 is 1.65 bits per heavy atom. The minimum atomic E-state index is -5.22. The van der Waals surface area contributed by atoms with Gasteiger partial charge in [0, 0.05) is 38.9 Å². The first-order valence-corrected chi connectivity index (χ1v) is 13.1. The van der Waals surface area contributed by atoms with Crippen LogP contribution in [0.1, 0.15) is 65.9 Å². The summed E-state index contributed by atoms with van der Waals surface area (Å²) in [6, 6.07) is 6.29. The largest absolute Gasteiger partial charge is 0.462 e. The first kappa shape index (κ1) is 33.3. The predicted molar refractivity (Wildman–Crippen MR) is 139 cm³/mol. The predicted octanol–water partition coefficient (Wildman–Crippen LogP) is 5.02. The normalized spacial score (nSPS) is 22.8. The summed E-state index contributed by atoms with van der Waals surface area (Å²) in [5, 5.41) is 10.9. The summed E-state index contributed by atoms with van der Waals surface area (Å²) >= 11 is 0. The number of hydrogen-bond acceptors (Lipinski definition) is 8. The maximum absolute atomic E-state index is 14.4. The maximum atomic E-state index is 14.4. The lowest BCUT2D eigenvalue weighted by molar-refractivity contribution is -0.281. The highest BCUT2D eigenvalue weighted by Gasteiger charge is 2.64. The van der Waals surface area contributed by atoms with E-state index in [1.54, 1.807) is 0 Å². The Morgan fingerprint density at radius 1 is 1.05 bits per heavy atom. The second kappa shape index (κ2) is 13.2. The monoisotopic (exact) mass is 572 g/mol. The maximum Gasteiger partial charge on any atom is 0.432 e. The molecule has 0 aliphatic heterocycles. The smallest absolute Gasteiger partial charge is 0.432 e. The summed E-state index contributed by atoms with van der Waals surface area (Å²) < 4.78 is 64.5. The number of esters is 3. The van der Waals surface area contributed by atoms with Crippen molar-refractivity contribution in [3.8, 4) is 0 Å². The first-order chi connectivity index (χ1) is 18.4. The number of hydrogen-bond donors (Lipinski definition) is 1. The lowest BCUT2D eigenvalue weighted by Crippen LogP contribution is -2.54. The van der Waals surface area contributed by atoms with Crippen molar-refractivity contribution >= 4 is 17.9 Å². The van der Waals surface area contributed by atoms with Gasteiger partial charge < -0.3 is 24.1 Å². The standard InChI is InChI=1S/C29H39F3O8/c1-17-13-14-22(24(15-17)39-20(4)34)18(2)23(38-19(3)33)16-25(27(5,6)36)40-26(35)28(37-7,29(30,31)32)21-11-9-8-10-12-21/h8-12,17,22-25,36H,2,13-16H2,1,3-7H3/t17-,22+,23+,24-,25+,28?/m1/s1. The van der Waals surface area contributed by atoms with E-state index in [1.807, 2.05) is 6.92 Å². The Hall–Kier alpha value is -2.92. The van der Waals surface area contributed by atoms with E-state index in [1.165, 1.54) is 39.0 Å². The number of alkyl halides is 3. The molecule has 1 unspecified atom stereocenters. The van der Waals surface area contributed by atoms with Crippen LogP contribution in [0.3, 0.4) is 0 Å². The Bertz CT molecular complexity index is 1050. The van der Waals surface area contributed by atoms with Gasteiger partial charge in [0.1, 0.15) is 18.3 Å². The van der Waals surface area contributed by atoms with Crippen LogP contribution in [0.15, 0.2) is 42.5 Å². The number of aliphatic hydroxyl groups is 1. The second-order valence-electron chi connectivity index (χ2n) is 10.9. The zero-order valence-electron chi connectivity index (χ0n) is 23.7. The highest BCUT2D eigenvalue weighted by Crippen LogP contribution is 2.44. The summed E-state index contributed by atoms with van der Waals surface area (Å²) in [6.07, 6.45) is -7.07. The topological polar surface area (TPSA) is 108 Å². The zero-order chi connectivity index (χ0) is 30.5. The van der Waals surface area contributed by atoms with Gasteiger partial charge in [-0.15, -0.1) is 0 Å². The van der Waals surface area contributed by atoms with Crippen molar-refractivity contribution in [1.82, 2.24) is 0 Å². The van der Waals surface area contributed by atoms with Gasteiger partial charge in [-0.25, -0.2) is 4.79 Å². The summed E-state index contributed by atoms with van der Waals surface area (Å²) in [5.74, 6) is -3.18. The summed E-state index contributed by atoms with van der Waals surface area (Å²) in [6.45, 7) is 11.0. The molecule has 1 N–H and O–H groups in total. The molecule has 40 heavy (non-hydrogen) atoms. The molecule has 1 aromatic rings. The van der Waals surface area contributed by atoms with Crippen molar-refractivity contribution in [2.45, 2.75) is 96.0 Å².